The van der Waals surface area contributed by atoms with E-state index in [2.05, 4.69) is 15.5 Å². The first kappa shape index (κ1) is 13.6. The topological polar surface area (TPSA) is 51.0 Å². The second kappa shape index (κ2) is 5.27. The van der Waals surface area contributed by atoms with E-state index in [1.54, 1.807) is 6.07 Å². The number of fused-ring (bicyclic) bond motifs is 2. The fraction of sp³-hybridized carbons (Fsp3) is 0.467. The van der Waals surface area contributed by atoms with Gasteiger partial charge in [0.1, 0.15) is 0 Å². The molecule has 3 atom stereocenters. The van der Waals surface area contributed by atoms with Gasteiger partial charge in [0.05, 0.1) is 5.92 Å². The minimum atomic E-state index is 0.366. The molecular weight excluding hydrogens is 309 g/mol. The lowest BCUT2D eigenvalue weighted by molar-refractivity contribution is 0.327. The van der Waals surface area contributed by atoms with Gasteiger partial charge in [-0.25, -0.2) is 0 Å². The van der Waals surface area contributed by atoms with Crippen LogP contribution in [-0.4, -0.2) is 22.2 Å². The predicted octanol–water partition coefficient (Wildman–Crippen LogP) is 3.58. The number of halogens is 2. The van der Waals surface area contributed by atoms with E-state index in [1.807, 2.05) is 12.1 Å². The van der Waals surface area contributed by atoms with E-state index in [0.29, 0.717) is 40.3 Å². The number of nitrogens with one attached hydrogen (secondary N) is 1. The van der Waals surface area contributed by atoms with Crippen LogP contribution in [0.1, 0.15) is 42.5 Å². The van der Waals surface area contributed by atoms with E-state index >= 15 is 0 Å². The Balaban J connectivity index is 1.52. The number of nitrogens with zero attached hydrogens (tertiary/aromatic N) is 2. The molecule has 0 amide bonds. The minimum Gasteiger partial charge on any atom is -0.339 e. The standard InChI is InChI=1S/C15H15Cl2N3O/c16-9-2-1-8(12(17)6-9)5-14-19-15(21-20-14)11-7-10-3-4-13(11)18-10/h1-2,6,10-11,13,18H,3-5,7H2. The molecule has 4 rings (SSSR count). The highest BCUT2D eigenvalue weighted by Crippen LogP contribution is 2.39. The predicted molar refractivity (Wildman–Crippen MR) is 80.9 cm³/mol. The molecule has 2 bridgehead atoms. The third kappa shape index (κ3) is 2.56. The van der Waals surface area contributed by atoms with Crippen molar-refractivity contribution in [3.8, 4) is 0 Å². The zero-order valence-electron chi connectivity index (χ0n) is 11.4. The minimum absolute atomic E-state index is 0.366. The molecule has 2 fully saturated rings. The Morgan fingerprint density at radius 3 is 2.90 bits per heavy atom. The van der Waals surface area contributed by atoms with Gasteiger partial charge in [-0.2, -0.15) is 4.98 Å². The monoisotopic (exact) mass is 323 g/mol. The summed E-state index contributed by atoms with van der Waals surface area (Å²) in [7, 11) is 0. The van der Waals surface area contributed by atoms with Crippen molar-refractivity contribution in [3.63, 3.8) is 0 Å². The van der Waals surface area contributed by atoms with Crippen molar-refractivity contribution in [2.45, 2.75) is 43.7 Å². The van der Waals surface area contributed by atoms with Gasteiger partial charge in [-0.05, 0) is 37.0 Å². The summed E-state index contributed by atoms with van der Waals surface area (Å²) in [4.78, 5) is 4.56. The van der Waals surface area contributed by atoms with Crippen molar-refractivity contribution in [3.05, 3.63) is 45.5 Å². The van der Waals surface area contributed by atoms with Gasteiger partial charge in [0.2, 0.25) is 5.89 Å². The Kier molecular flexibility index (Phi) is 3.40. The summed E-state index contributed by atoms with van der Waals surface area (Å²) >= 11 is 12.1. The van der Waals surface area contributed by atoms with E-state index in [1.165, 1.54) is 12.8 Å². The van der Waals surface area contributed by atoms with Crippen molar-refractivity contribution >= 4 is 23.2 Å². The first-order valence-corrected chi connectivity index (χ1v) is 7.97. The Morgan fingerprint density at radius 2 is 2.19 bits per heavy atom. The second-order valence-corrected chi connectivity index (χ2v) is 6.69. The fourth-order valence-electron chi connectivity index (χ4n) is 3.42. The van der Waals surface area contributed by atoms with Crippen molar-refractivity contribution in [1.29, 1.82) is 0 Å². The Hall–Kier alpha value is -1.10. The maximum Gasteiger partial charge on any atom is 0.231 e. The Morgan fingerprint density at radius 1 is 1.29 bits per heavy atom. The van der Waals surface area contributed by atoms with Crippen LogP contribution in [0, 0.1) is 0 Å². The van der Waals surface area contributed by atoms with Gasteiger partial charge in [0.25, 0.3) is 0 Å². The molecule has 1 N–H and O–H groups in total. The maximum atomic E-state index is 6.18. The summed E-state index contributed by atoms with van der Waals surface area (Å²) in [6, 6.07) is 6.59. The molecule has 6 heteroatoms. The highest BCUT2D eigenvalue weighted by atomic mass is 35.5. The summed E-state index contributed by atoms with van der Waals surface area (Å²) in [5.41, 5.74) is 0.958. The Bertz CT molecular complexity index is 673. The molecule has 21 heavy (non-hydrogen) atoms. The van der Waals surface area contributed by atoms with Crippen LogP contribution in [-0.2, 0) is 6.42 Å². The largest absolute Gasteiger partial charge is 0.339 e. The molecule has 4 nitrogen and oxygen atoms in total. The van der Waals surface area contributed by atoms with E-state index in [9.17, 15) is 0 Å². The van der Waals surface area contributed by atoms with Gasteiger partial charge < -0.3 is 9.84 Å². The van der Waals surface area contributed by atoms with Gasteiger partial charge in [-0.3, -0.25) is 0 Å². The van der Waals surface area contributed by atoms with E-state index in [0.717, 1.165) is 17.9 Å². The maximum absolute atomic E-state index is 6.18. The van der Waals surface area contributed by atoms with Crippen LogP contribution in [0.4, 0.5) is 0 Å². The lowest BCUT2D eigenvalue weighted by Crippen LogP contribution is -2.21. The molecule has 110 valence electrons. The van der Waals surface area contributed by atoms with Crippen molar-refractivity contribution in [2.75, 3.05) is 0 Å². The molecule has 1 aromatic heterocycles. The summed E-state index contributed by atoms with van der Waals surface area (Å²) in [6.07, 6.45) is 4.14. The van der Waals surface area contributed by atoms with Crippen LogP contribution in [0.25, 0.3) is 0 Å². The van der Waals surface area contributed by atoms with Gasteiger partial charge in [0.15, 0.2) is 5.82 Å². The van der Waals surface area contributed by atoms with Crippen LogP contribution in [0.5, 0.6) is 0 Å². The van der Waals surface area contributed by atoms with Crippen LogP contribution in [0.15, 0.2) is 22.7 Å². The first-order valence-electron chi connectivity index (χ1n) is 7.21. The third-order valence-corrected chi connectivity index (χ3v) is 5.05. The van der Waals surface area contributed by atoms with Crippen LogP contribution >= 0.6 is 23.2 Å². The summed E-state index contributed by atoms with van der Waals surface area (Å²) < 4.78 is 5.47. The molecular formula is C15H15Cl2N3O. The number of hydrogen-bond acceptors (Lipinski definition) is 4. The van der Waals surface area contributed by atoms with E-state index in [4.69, 9.17) is 27.7 Å². The average molecular weight is 324 g/mol. The number of benzene rings is 1. The summed E-state index contributed by atoms with van der Waals surface area (Å²) in [6.45, 7) is 0. The normalized spacial score (nSPS) is 27.4. The molecule has 3 unspecified atom stereocenters. The fourth-order valence-corrected chi connectivity index (χ4v) is 3.90. The molecule has 2 aliphatic heterocycles. The second-order valence-electron chi connectivity index (χ2n) is 5.85. The zero-order chi connectivity index (χ0) is 14.4. The Labute approximate surface area is 132 Å². The lowest BCUT2D eigenvalue weighted by Gasteiger charge is -2.15. The van der Waals surface area contributed by atoms with Gasteiger partial charge >= 0.3 is 0 Å². The van der Waals surface area contributed by atoms with Gasteiger partial charge in [0, 0.05) is 28.5 Å². The molecule has 0 radical (unpaired) electrons. The third-order valence-electron chi connectivity index (χ3n) is 4.46. The SMILES string of the molecule is Clc1ccc(Cc2noc(C3CC4CCC3N4)n2)c(Cl)c1. The van der Waals surface area contributed by atoms with E-state index in [-0.39, 0.29) is 0 Å². The van der Waals surface area contributed by atoms with Crippen LogP contribution in [0.2, 0.25) is 10.0 Å². The smallest absolute Gasteiger partial charge is 0.231 e. The first-order chi connectivity index (χ1) is 10.2. The van der Waals surface area contributed by atoms with Crippen molar-refractivity contribution in [2.24, 2.45) is 0 Å². The highest BCUT2D eigenvalue weighted by Gasteiger charge is 2.42. The lowest BCUT2D eigenvalue weighted by atomic mass is 9.89. The van der Waals surface area contributed by atoms with Gasteiger partial charge in [-0.1, -0.05) is 34.4 Å². The van der Waals surface area contributed by atoms with E-state index < -0.39 is 0 Å². The average Bonchev–Trinajstić information content (AvgIpc) is 3.17. The molecule has 2 aliphatic rings. The quantitative estimate of drug-likeness (QED) is 0.938. The molecule has 2 saturated heterocycles. The van der Waals surface area contributed by atoms with Crippen molar-refractivity contribution < 1.29 is 4.52 Å². The highest BCUT2D eigenvalue weighted by molar-refractivity contribution is 6.35. The number of hydrogen-bond donors (Lipinski definition) is 1. The molecule has 0 spiro atoms. The number of rotatable bonds is 3. The molecule has 0 saturated carbocycles. The summed E-state index contributed by atoms with van der Waals surface area (Å²) in [5.74, 6) is 1.80. The van der Waals surface area contributed by atoms with Crippen LogP contribution < -0.4 is 5.32 Å². The number of aromatic nitrogens is 2. The van der Waals surface area contributed by atoms with Gasteiger partial charge in [-0.15, -0.1) is 0 Å². The summed E-state index contributed by atoms with van der Waals surface area (Å²) in [5, 5.41) is 8.95. The molecule has 3 heterocycles. The molecule has 0 aliphatic carbocycles. The van der Waals surface area contributed by atoms with Crippen molar-refractivity contribution in [1.82, 2.24) is 15.5 Å². The zero-order valence-corrected chi connectivity index (χ0v) is 12.9. The molecule has 1 aromatic carbocycles. The molecule has 2 aromatic rings. The van der Waals surface area contributed by atoms with Crippen LogP contribution in [0.3, 0.4) is 0 Å².